The number of fused-ring (bicyclic) bond motifs is 1. The number of amides is 4. The van der Waals surface area contributed by atoms with Gasteiger partial charge in [-0.05, 0) is 43.4 Å². The summed E-state index contributed by atoms with van der Waals surface area (Å²) in [5, 5.41) is 17.5. The fourth-order valence-corrected chi connectivity index (χ4v) is 3.96. The number of carbonyl (C=O) groups excluding carboxylic acids is 4. The van der Waals surface area contributed by atoms with Crippen LogP contribution in [0.3, 0.4) is 0 Å². The van der Waals surface area contributed by atoms with Gasteiger partial charge in [0.25, 0.3) is 0 Å². The summed E-state index contributed by atoms with van der Waals surface area (Å²) in [6, 6.07) is 3.06. The predicted molar refractivity (Wildman–Crippen MR) is 136 cm³/mol. The lowest BCUT2D eigenvalue weighted by Crippen LogP contribution is -2.56. The molecule has 4 atom stereocenters. The Morgan fingerprint density at radius 3 is 2.33 bits per heavy atom. The summed E-state index contributed by atoms with van der Waals surface area (Å²) in [6.45, 7) is 1.45. The van der Waals surface area contributed by atoms with Crippen LogP contribution in [0.25, 0.3) is 10.9 Å². The standard InChI is InChI=1S/C23H32N6O6S/c1-12(27-21(32)15(24)9-13-11-26-16-6-4-3-5-14(13)16)20(31)28-17(7-8-36-2)22(33)29-18(23(34)35)10-19(25)30/h3-6,11-12,15,17-18,26H,7-10,24H2,1-2H3,(H2,25,30)(H,27,32)(H,28,31)(H,29,33)(H,34,35). The maximum absolute atomic E-state index is 12.7. The molecule has 2 rings (SSSR count). The summed E-state index contributed by atoms with van der Waals surface area (Å²) in [4.78, 5) is 63.6. The van der Waals surface area contributed by atoms with Gasteiger partial charge in [-0.1, -0.05) is 18.2 Å². The van der Waals surface area contributed by atoms with Gasteiger partial charge in [-0.2, -0.15) is 11.8 Å². The molecule has 0 radical (unpaired) electrons. The van der Waals surface area contributed by atoms with Crippen molar-refractivity contribution in [2.45, 2.75) is 50.4 Å². The zero-order valence-electron chi connectivity index (χ0n) is 20.1. The van der Waals surface area contributed by atoms with Gasteiger partial charge in [0.05, 0.1) is 12.5 Å². The summed E-state index contributed by atoms with van der Waals surface area (Å²) in [5.74, 6) is -3.80. The molecule has 0 aliphatic heterocycles. The van der Waals surface area contributed by atoms with Crippen molar-refractivity contribution in [2.24, 2.45) is 11.5 Å². The van der Waals surface area contributed by atoms with E-state index in [0.717, 1.165) is 16.5 Å². The highest BCUT2D eigenvalue weighted by Crippen LogP contribution is 2.18. The number of primary amides is 1. The van der Waals surface area contributed by atoms with Gasteiger partial charge in [-0.3, -0.25) is 19.2 Å². The number of para-hydroxylation sites is 1. The highest BCUT2D eigenvalue weighted by atomic mass is 32.2. The third-order valence-corrected chi connectivity index (χ3v) is 6.11. The Morgan fingerprint density at radius 2 is 1.69 bits per heavy atom. The molecule has 9 N–H and O–H groups in total. The van der Waals surface area contributed by atoms with Crippen LogP contribution in [0.4, 0.5) is 0 Å². The average Bonchev–Trinajstić information content (AvgIpc) is 3.23. The Kier molecular flexibility index (Phi) is 10.7. The molecule has 1 aromatic carbocycles. The van der Waals surface area contributed by atoms with E-state index in [2.05, 4.69) is 20.9 Å². The molecular weight excluding hydrogens is 488 g/mol. The van der Waals surface area contributed by atoms with Crippen molar-refractivity contribution in [1.29, 1.82) is 0 Å². The van der Waals surface area contributed by atoms with Crippen LogP contribution < -0.4 is 27.4 Å². The second-order valence-corrected chi connectivity index (χ2v) is 9.30. The van der Waals surface area contributed by atoms with Crippen molar-refractivity contribution in [3.63, 3.8) is 0 Å². The molecule has 0 saturated heterocycles. The number of H-pyrrole nitrogens is 1. The lowest BCUT2D eigenvalue weighted by Gasteiger charge is -2.23. The van der Waals surface area contributed by atoms with Gasteiger partial charge in [-0.25, -0.2) is 4.79 Å². The van der Waals surface area contributed by atoms with Crippen molar-refractivity contribution in [2.75, 3.05) is 12.0 Å². The van der Waals surface area contributed by atoms with Gasteiger partial charge in [0, 0.05) is 17.1 Å². The number of benzene rings is 1. The maximum atomic E-state index is 12.7. The third-order valence-electron chi connectivity index (χ3n) is 5.47. The van der Waals surface area contributed by atoms with Crippen LogP contribution in [0, 0.1) is 0 Å². The lowest BCUT2D eigenvalue weighted by atomic mass is 10.0. The van der Waals surface area contributed by atoms with E-state index in [9.17, 15) is 29.1 Å². The summed E-state index contributed by atoms with van der Waals surface area (Å²) < 4.78 is 0. The first-order valence-electron chi connectivity index (χ1n) is 11.2. The zero-order chi connectivity index (χ0) is 26.8. The molecule has 2 aromatic rings. The number of aromatic amines is 1. The minimum atomic E-state index is -1.52. The molecular formula is C23H32N6O6S. The van der Waals surface area contributed by atoms with Crippen molar-refractivity contribution in [1.82, 2.24) is 20.9 Å². The van der Waals surface area contributed by atoms with E-state index >= 15 is 0 Å². The van der Waals surface area contributed by atoms with Gasteiger partial charge in [0.2, 0.25) is 23.6 Å². The molecule has 13 heteroatoms. The van der Waals surface area contributed by atoms with Gasteiger partial charge < -0.3 is 37.5 Å². The Bertz CT molecular complexity index is 1110. The van der Waals surface area contributed by atoms with Crippen LogP contribution in [0.1, 0.15) is 25.3 Å². The first-order valence-corrected chi connectivity index (χ1v) is 12.6. The smallest absolute Gasteiger partial charge is 0.326 e. The van der Waals surface area contributed by atoms with Crippen LogP contribution in [0.5, 0.6) is 0 Å². The summed E-state index contributed by atoms with van der Waals surface area (Å²) in [7, 11) is 0. The lowest BCUT2D eigenvalue weighted by molar-refractivity contribution is -0.143. The first-order chi connectivity index (χ1) is 17.0. The normalized spacial score (nSPS) is 14.3. The topological polar surface area (TPSA) is 209 Å². The number of nitrogens with two attached hydrogens (primary N) is 2. The fourth-order valence-electron chi connectivity index (χ4n) is 3.49. The maximum Gasteiger partial charge on any atom is 0.326 e. The van der Waals surface area contributed by atoms with Crippen LogP contribution in [-0.2, 0) is 30.4 Å². The fraction of sp³-hybridized carbons (Fsp3) is 0.435. The summed E-state index contributed by atoms with van der Waals surface area (Å²) in [5.41, 5.74) is 12.9. The minimum absolute atomic E-state index is 0.197. The van der Waals surface area contributed by atoms with E-state index in [-0.39, 0.29) is 12.8 Å². The largest absolute Gasteiger partial charge is 0.480 e. The number of hydrogen-bond donors (Lipinski definition) is 7. The molecule has 0 fully saturated rings. The number of rotatable bonds is 14. The molecule has 0 bridgehead atoms. The van der Waals surface area contributed by atoms with Crippen LogP contribution in [0.2, 0.25) is 0 Å². The van der Waals surface area contributed by atoms with Gasteiger partial charge in [0.1, 0.15) is 18.1 Å². The first kappa shape index (κ1) is 28.7. The van der Waals surface area contributed by atoms with Crippen molar-refractivity contribution in [3.8, 4) is 0 Å². The molecule has 0 aliphatic rings. The Labute approximate surface area is 212 Å². The van der Waals surface area contributed by atoms with Crippen molar-refractivity contribution >= 4 is 52.3 Å². The van der Waals surface area contributed by atoms with Crippen LogP contribution in [0.15, 0.2) is 30.5 Å². The molecule has 1 heterocycles. The molecule has 0 saturated carbocycles. The SMILES string of the molecule is CSCCC(NC(=O)C(C)NC(=O)C(N)Cc1c[nH]c2ccccc12)C(=O)NC(CC(N)=O)C(=O)O. The summed E-state index contributed by atoms with van der Waals surface area (Å²) >= 11 is 1.42. The van der Waals surface area contributed by atoms with E-state index in [1.165, 1.54) is 18.7 Å². The molecule has 36 heavy (non-hydrogen) atoms. The molecule has 0 aliphatic carbocycles. The van der Waals surface area contributed by atoms with Crippen LogP contribution >= 0.6 is 11.8 Å². The van der Waals surface area contributed by atoms with E-state index in [4.69, 9.17) is 11.5 Å². The number of nitrogens with one attached hydrogen (secondary N) is 4. The highest BCUT2D eigenvalue weighted by molar-refractivity contribution is 7.98. The number of carboxylic acid groups (broad SMARTS) is 1. The molecule has 4 unspecified atom stereocenters. The number of carbonyl (C=O) groups is 5. The second kappa shape index (κ2) is 13.5. The quantitative estimate of drug-likeness (QED) is 0.168. The molecule has 0 spiro atoms. The second-order valence-electron chi connectivity index (χ2n) is 8.31. The van der Waals surface area contributed by atoms with Crippen LogP contribution in [-0.4, -0.2) is 75.9 Å². The van der Waals surface area contributed by atoms with Gasteiger partial charge >= 0.3 is 5.97 Å². The van der Waals surface area contributed by atoms with E-state index in [0.29, 0.717) is 5.75 Å². The number of carboxylic acids is 1. The molecule has 4 amide bonds. The van der Waals surface area contributed by atoms with E-state index in [1.807, 2.05) is 30.5 Å². The van der Waals surface area contributed by atoms with Crippen molar-refractivity contribution in [3.05, 3.63) is 36.0 Å². The Hall–Kier alpha value is -3.58. The minimum Gasteiger partial charge on any atom is -0.480 e. The number of thioether (sulfide) groups is 1. The van der Waals surface area contributed by atoms with E-state index in [1.54, 1.807) is 6.20 Å². The van der Waals surface area contributed by atoms with Gasteiger partial charge in [0.15, 0.2) is 0 Å². The van der Waals surface area contributed by atoms with Crippen molar-refractivity contribution < 1.29 is 29.1 Å². The third kappa shape index (κ3) is 8.27. The molecule has 1 aromatic heterocycles. The molecule has 196 valence electrons. The average molecular weight is 521 g/mol. The predicted octanol–water partition coefficient (Wildman–Crippen LogP) is -0.775. The number of aliphatic carboxylic acids is 1. The number of hydrogen-bond acceptors (Lipinski definition) is 7. The van der Waals surface area contributed by atoms with E-state index < -0.39 is 60.2 Å². The number of aromatic nitrogens is 1. The monoisotopic (exact) mass is 520 g/mol. The highest BCUT2D eigenvalue weighted by Gasteiger charge is 2.29. The Balaban J connectivity index is 1.98. The zero-order valence-corrected chi connectivity index (χ0v) is 20.9. The Morgan fingerprint density at radius 1 is 1.03 bits per heavy atom. The van der Waals surface area contributed by atoms with Gasteiger partial charge in [-0.15, -0.1) is 0 Å². The molecule has 12 nitrogen and oxygen atoms in total. The summed E-state index contributed by atoms with van der Waals surface area (Å²) in [6.07, 6.45) is 3.44.